The van der Waals surface area contributed by atoms with E-state index in [4.69, 9.17) is 18.9 Å². The average molecular weight is 495 g/mol. The number of nitro benzene ring substituents is 1. The van der Waals surface area contributed by atoms with E-state index in [1.54, 1.807) is 36.4 Å². The maximum atomic E-state index is 13.1. The van der Waals surface area contributed by atoms with Gasteiger partial charge in [-0.2, -0.15) is 0 Å². The summed E-state index contributed by atoms with van der Waals surface area (Å²) in [4.78, 5) is 37.1. The third kappa shape index (κ3) is 6.27. The lowest BCUT2D eigenvalue weighted by molar-refractivity contribution is -0.385. The molecular weight excluding hydrogens is 470 g/mol. The summed E-state index contributed by atoms with van der Waals surface area (Å²) in [5.41, 5.74) is 0.0577. The Labute approximate surface area is 207 Å². The highest BCUT2D eigenvalue weighted by Crippen LogP contribution is 2.35. The topological polar surface area (TPSA) is 138 Å². The first-order valence-electron chi connectivity index (χ1n) is 10.7. The van der Waals surface area contributed by atoms with Gasteiger partial charge in [-0.3, -0.25) is 19.7 Å². The Morgan fingerprint density at radius 1 is 0.833 bits per heavy atom. The Balaban J connectivity index is 1.89. The Bertz CT molecular complexity index is 1260. The third-order valence-corrected chi connectivity index (χ3v) is 5.02. The predicted molar refractivity (Wildman–Crippen MR) is 132 cm³/mol. The van der Waals surface area contributed by atoms with Gasteiger partial charge in [0, 0.05) is 24.9 Å². The highest BCUT2D eigenvalue weighted by Gasteiger charge is 2.26. The molecule has 2 N–H and O–H groups in total. The van der Waals surface area contributed by atoms with Crippen LogP contribution >= 0.6 is 0 Å². The molecule has 0 aliphatic heterocycles. The summed E-state index contributed by atoms with van der Waals surface area (Å²) in [5.74, 6) is -0.509. The number of carbonyl (C=O) groups is 2. The minimum atomic E-state index is -0.801. The fraction of sp³-hybridized carbons (Fsp3) is 0.200. The molecule has 0 aliphatic rings. The van der Waals surface area contributed by atoms with Crippen molar-refractivity contribution in [3.63, 3.8) is 0 Å². The van der Waals surface area contributed by atoms with Crippen LogP contribution in [0, 0.1) is 10.1 Å². The molecule has 3 rings (SSSR count). The second-order valence-electron chi connectivity index (χ2n) is 7.30. The zero-order valence-electron chi connectivity index (χ0n) is 19.9. The van der Waals surface area contributed by atoms with Gasteiger partial charge in [-0.05, 0) is 24.3 Å². The first kappa shape index (κ1) is 26.0. The van der Waals surface area contributed by atoms with Gasteiger partial charge in [-0.15, -0.1) is 0 Å². The predicted octanol–water partition coefficient (Wildman–Crippen LogP) is 4.14. The molecule has 0 radical (unpaired) electrons. The standard InChI is InChI=1S/C25H25N3O8/c1-33-11-12-36-23-15-21(28(31)32)19(14-22(23)35-3)25(30)27-20-10-5-4-9-18(20)24(29)26-16-7-6-8-17(13-16)34-2/h4-10,13-15H,11-12H2,1-3H3,(H,26,29)(H,27,30). The molecule has 3 aromatic carbocycles. The number of nitrogens with one attached hydrogen (secondary N) is 2. The van der Waals surface area contributed by atoms with Crippen molar-refractivity contribution >= 4 is 28.9 Å². The van der Waals surface area contributed by atoms with Crippen LogP contribution in [0.5, 0.6) is 17.2 Å². The molecule has 188 valence electrons. The minimum absolute atomic E-state index is 0.0934. The van der Waals surface area contributed by atoms with E-state index in [9.17, 15) is 19.7 Å². The number of hydrogen-bond acceptors (Lipinski definition) is 8. The van der Waals surface area contributed by atoms with Crippen molar-refractivity contribution < 1.29 is 33.5 Å². The molecule has 0 bridgehead atoms. The molecule has 11 heteroatoms. The van der Waals surface area contributed by atoms with E-state index in [2.05, 4.69) is 10.6 Å². The van der Waals surface area contributed by atoms with E-state index in [1.807, 2.05) is 0 Å². The maximum absolute atomic E-state index is 13.1. The molecule has 2 amide bonds. The van der Waals surface area contributed by atoms with Gasteiger partial charge in [0.25, 0.3) is 17.5 Å². The number of nitrogens with zero attached hydrogens (tertiary/aromatic N) is 1. The molecule has 0 aliphatic carbocycles. The summed E-state index contributed by atoms with van der Waals surface area (Å²) < 4.78 is 20.8. The number of nitro groups is 1. The molecule has 0 spiro atoms. The molecular formula is C25H25N3O8. The van der Waals surface area contributed by atoms with Crippen LogP contribution < -0.4 is 24.8 Å². The van der Waals surface area contributed by atoms with Gasteiger partial charge in [0.2, 0.25) is 0 Å². The largest absolute Gasteiger partial charge is 0.497 e. The lowest BCUT2D eigenvalue weighted by Crippen LogP contribution is -2.19. The number of carbonyl (C=O) groups excluding carboxylic acids is 2. The minimum Gasteiger partial charge on any atom is -0.497 e. The van der Waals surface area contributed by atoms with Crippen LogP contribution in [-0.4, -0.2) is 51.3 Å². The van der Waals surface area contributed by atoms with E-state index < -0.39 is 22.4 Å². The molecule has 0 aromatic heterocycles. The van der Waals surface area contributed by atoms with Crippen LogP contribution in [0.4, 0.5) is 17.1 Å². The Morgan fingerprint density at radius 3 is 2.28 bits per heavy atom. The Kier molecular flexibility index (Phi) is 8.79. The zero-order valence-corrected chi connectivity index (χ0v) is 19.9. The molecule has 0 heterocycles. The highest BCUT2D eigenvalue weighted by atomic mass is 16.6. The van der Waals surface area contributed by atoms with E-state index in [0.717, 1.165) is 6.07 Å². The van der Waals surface area contributed by atoms with Gasteiger partial charge >= 0.3 is 0 Å². The van der Waals surface area contributed by atoms with Crippen LogP contribution in [0.1, 0.15) is 20.7 Å². The van der Waals surface area contributed by atoms with Crippen LogP contribution in [0.2, 0.25) is 0 Å². The van der Waals surface area contributed by atoms with Gasteiger partial charge in [0.05, 0.1) is 43.1 Å². The van der Waals surface area contributed by atoms with Gasteiger partial charge in [-0.25, -0.2) is 0 Å². The summed E-state index contributed by atoms with van der Waals surface area (Å²) in [6.45, 7) is 0.388. The van der Waals surface area contributed by atoms with E-state index >= 15 is 0 Å². The van der Waals surface area contributed by atoms with Crippen molar-refractivity contribution in [2.45, 2.75) is 0 Å². The first-order valence-corrected chi connectivity index (χ1v) is 10.7. The smallest absolute Gasteiger partial charge is 0.286 e. The number of methoxy groups -OCH3 is 3. The van der Waals surface area contributed by atoms with Crippen LogP contribution in [0.15, 0.2) is 60.7 Å². The zero-order chi connectivity index (χ0) is 26.1. The number of ether oxygens (including phenoxy) is 4. The average Bonchev–Trinajstić information content (AvgIpc) is 2.88. The van der Waals surface area contributed by atoms with Gasteiger partial charge < -0.3 is 29.6 Å². The lowest BCUT2D eigenvalue weighted by Gasteiger charge is -2.14. The summed E-state index contributed by atoms with van der Waals surface area (Å²) >= 11 is 0. The SMILES string of the molecule is COCCOc1cc([N+](=O)[O-])c(C(=O)Nc2ccccc2C(=O)Nc2cccc(OC)c2)cc1OC. The number of rotatable bonds is 11. The Hall–Kier alpha value is -4.64. The van der Waals surface area contributed by atoms with Crippen molar-refractivity contribution in [1.82, 2.24) is 0 Å². The van der Waals surface area contributed by atoms with Crippen LogP contribution in [0.25, 0.3) is 0 Å². The Morgan fingerprint density at radius 2 is 1.58 bits per heavy atom. The molecule has 36 heavy (non-hydrogen) atoms. The molecule has 11 nitrogen and oxygen atoms in total. The quantitative estimate of drug-likeness (QED) is 0.230. The van der Waals surface area contributed by atoms with Crippen molar-refractivity contribution in [3.05, 3.63) is 81.9 Å². The number of hydrogen-bond donors (Lipinski definition) is 2. The molecule has 0 saturated heterocycles. The van der Waals surface area contributed by atoms with Crippen LogP contribution in [0.3, 0.4) is 0 Å². The van der Waals surface area contributed by atoms with Crippen molar-refractivity contribution in [1.29, 1.82) is 0 Å². The number of amides is 2. The maximum Gasteiger partial charge on any atom is 0.286 e. The molecule has 0 unspecified atom stereocenters. The summed E-state index contributed by atoms with van der Waals surface area (Å²) in [5, 5.41) is 17.1. The number of para-hydroxylation sites is 1. The van der Waals surface area contributed by atoms with Gasteiger partial charge in [0.1, 0.15) is 17.9 Å². The van der Waals surface area contributed by atoms with Gasteiger partial charge in [-0.1, -0.05) is 18.2 Å². The second kappa shape index (κ2) is 12.2. The molecule has 0 atom stereocenters. The summed E-state index contributed by atoms with van der Waals surface area (Å²) in [6, 6.07) is 15.4. The number of benzene rings is 3. The van der Waals surface area contributed by atoms with Crippen molar-refractivity contribution in [2.24, 2.45) is 0 Å². The van der Waals surface area contributed by atoms with Crippen molar-refractivity contribution in [3.8, 4) is 17.2 Å². The second-order valence-corrected chi connectivity index (χ2v) is 7.30. The van der Waals surface area contributed by atoms with Gasteiger partial charge in [0.15, 0.2) is 11.5 Å². The number of anilines is 2. The fourth-order valence-corrected chi connectivity index (χ4v) is 3.27. The lowest BCUT2D eigenvalue weighted by atomic mass is 10.1. The summed E-state index contributed by atoms with van der Waals surface area (Å²) in [7, 11) is 4.35. The fourth-order valence-electron chi connectivity index (χ4n) is 3.27. The monoisotopic (exact) mass is 495 g/mol. The molecule has 0 fully saturated rings. The highest BCUT2D eigenvalue weighted by molar-refractivity contribution is 6.13. The molecule has 0 saturated carbocycles. The first-order chi connectivity index (χ1) is 17.4. The van der Waals surface area contributed by atoms with Crippen LogP contribution in [-0.2, 0) is 4.74 Å². The van der Waals surface area contributed by atoms with E-state index in [0.29, 0.717) is 11.4 Å². The summed E-state index contributed by atoms with van der Waals surface area (Å²) in [6.07, 6.45) is 0. The molecule has 3 aromatic rings. The van der Waals surface area contributed by atoms with Crippen molar-refractivity contribution in [2.75, 3.05) is 45.2 Å². The normalized spacial score (nSPS) is 10.3. The third-order valence-electron chi connectivity index (χ3n) is 5.02. The van der Waals surface area contributed by atoms with E-state index in [-0.39, 0.29) is 41.5 Å². The van der Waals surface area contributed by atoms with E-state index in [1.165, 1.54) is 39.5 Å².